The maximum absolute atomic E-state index is 9.45. The molecule has 2 aliphatic heterocycles. The third-order valence-electron chi connectivity index (χ3n) is 3.97. The number of thiophene rings is 2. The van der Waals surface area contributed by atoms with Crippen LogP contribution in [0, 0.1) is 22.7 Å². The van der Waals surface area contributed by atoms with Crippen LogP contribution in [0.4, 0.5) is 0 Å². The summed E-state index contributed by atoms with van der Waals surface area (Å²) in [7, 11) is 0. The topological polar surface area (TPSA) is 84.5 Å². The van der Waals surface area contributed by atoms with Crippen LogP contribution < -0.4 is 18.9 Å². The van der Waals surface area contributed by atoms with Crippen molar-refractivity contribution in [2.24, 2.45) is 0 Å². The average molecular weight is 356 g/mol. The summed E-state index contributed by atoms with van der Waals surface area (Å²) >= 11 is 2.94. The lowest BCUT2D eigenvalue weighted by molar-refractivity contribution is 0.177. The molecule has 3 aliphatic rings. The van der Waals surface area contributed by atoms with Crippen LogP contribution in [0.3, 0.4) is 0 Å². The molecule has 0 aromatic carbocycles. The molecule has 5 rings (SSSR count). The second kappa shape index (κ2) is 4.91. The zero-order chi connectivity index (χ0) is 16.3. The van der Waals surface area contributed by atoms with Gasteiger partial charge in [-0.1, -0.05) is 22.7 Å². The van der Waals surface area contributed by atoms with E-state index in [1.807, 2.05) is 12.1 Å². The highest BCUT2D eigenvalue weighted by Gasteiger charge is 2.41. The maximum atomic E-state index is 9.45. The van der Waals surface area contributed by atoms with Gasteiger partial charge in [-0.15, -0.1) is 0 Å². The molecule has 4 heterocycles. The third-order valence-corrected chi connectivity index (χ3v) is 6.31. The minimum Gasteiger partial charge on any atom is -0.485 e. The summed E-state index contributed by atoms with van der Waals surface area (Å²) in [6.45, 7) is 1.89. The number of nitrogens with zero attached hydrogens (tertiary/aromatic N) is 2. The first-order valence-corrected chi connectivity index (χ1v) is 8.87. The molecule has 0 saturated heterocycles. The van der Waals surface area contributed by atoms with Crippen molar-refractivity contribution in [1.82, 2.24) is 0 Å². The van der Waals surface area contributed by atoms with Crippen molar-refractivity contribution in [3.05, 3.63) is 16.7 Å². The number of rotatable bonds is 0. The highest BCUT2D eigenvalue weighted by atomic mass is 32.1. The van der Waals surface area contributed by atoms with Gasteiger partial charge in [-0.05, 0) is 0 Å². The highest BCUT2D eigenvalue weighted by molar-refractivity contribution is 7.25. The van der Waals surface area contributed by atoms with Gasteiger partial charge in [-0.2, -0.15) is 10.5 Å². The Kier molecular flexibility index (Phi) is 2.81. The highest BCUT2D eigenvalue weighted by Crippen LogP contribution is 2.65. The molecule has 2 aromatic rings. The number of nitriles is 2. The van der Waals surface area contributed by atoms with Crippen molar-refractivity contribution >= 4 is 28.2 Å². The van der Waals surface area contributed by atoms with Crippen molar-refractivity contribution in [3.8, 4) is 43.5 Å². The van der Waals surface area contributed by atoms with Gasteiger partial charge in [0.25, 0.3) is 0 Å². The van der Waals surface area contributed by atoms with E-state index in [9.17, 15) is 10.5 Å². The molecule has 0 radical (unpaired) electrons. The van der Waals surface area contributed by atoms with E-state index in [4.69, 9.17) is 18.9 Å². The van der Waals surface area contributed by atoms with Crippen LogP contribution in [0.5, 0.6) is 21.6 Å². The van der Waals surface area contributed by atoms with Gasteiger partial charge < -0.3 is 18.9 Å². The van der Waals surface area contributed by atoms with Gasteiger partial charge in [0.1, 0.15) is 44.1 Å². The molecule has 1 aliphatic carbocycles. The molecule has 8 heteroatoms. The van der Waals surface area contributed by atoms with E-state index >= 15 is 0 Å². The summed E-state index contributed by atoms with van der Waals surface area (Å²) < 4.78 is 22.9. The largest absolute Gasteiger partial charge is 0.485 e. The number of hydrogen-bond acceptors (Lipinski definition) is 8. The lowest BCUT2D eigenvalue weighted by Crippen LogP contribution is -2.15. The van der Waals surface area contributed by atoms with Crippen molar-refractivity contribution < 1.29 is 18.9 Å². The maximum Gasteiger partial charge on any atom is 0.218 e. The van der Waals surface area contributed by atoms with Gasteiger partial charge in [-0.3, -0.25) is 0 Å². The molecule has 0 saturated carbocycles. The molecular formula is C16H8N2O4S2. The molecule has 0 fully saturated rings. The molecule has 6 nitrogen and oxygen atoms in total. The molecule has 2 aromatic heterocycles. The van der Waals surface area contributed by atoms with Gasteiger partial charge >= 0.3 is 0 Å². The minimum atomic E-state index is 0.0412. The normalized spacial score (nSPS) is 16.0. The van der Waals surface area contributed by atoms with Crippen molar-refractivity contribution in [3.63, 3.8) is 0 Å². The van der Waals surface area contributed by atoms with Crippen LogP contribution >= 0.6 is 22.7 Å². The Morgan fingerprint density at radius 2 is 1.21 bits per heavy atom. The first kappa shape index (κ1) is 13.7. The van der Waals surface area contributed by atoms with Crippen molar-refractivity contribution in [2.75, 3.05) is 26.4 Å². The molecule has 24 heavy (non-hydrogen) atoms. The molecule has 0 amide bonds. The Bertz CT molecular complexity index is 925. The smallest absolute Gasteiger partial charge is 0.218 e. The summed E-state index contributed by atoms with van der Waals surface area (Å²) in [6, 6.07) is 4.01. The van der Waals surface area contributed by atoms with Crippen molar-refractivity contribution in [1.29, 1.82) is 10.5 Å². The zero-order valence-electron chi connectivity index (χ0n) is 12.2. The van der Waals surface area contributed by atoms with Gasteiger partial charge in [0.05, 0.1) is 20.9 Å². The van der Waals surface area contributed by atoms with Gasteiger partial charge in [0.15, 0.2) is 11.5 Å². The number of allylic oxidation sites excluding steroid dienone is 1. The Labute approximate surface area is 144 Å². The van der Waals surface area contributed by atoms with Crippen LogP contribution in [0.25, 0.3) is 15.3 Å². The first-order chi connectivity index (χ1) is 11.8. The number of hydrogen-bond donors (Lipinski definition) is 0. The monoisotopic (exact) mass is 356 g/mol. The Morgan fingerprint density at radius 3 is 1.67 bits per heavy atom. The lowest BCUT2D eigenvalue weighted by atomic mass is 10.00. The second-order valence-corrected chi connectivity index (χ2v) is 7.18. The third kappa shape index (κ3) is 1.62. The number of fused-ring (bicyclic) bond motifs is 7. The zero-order valence-corrected chi connectivity index (χ0v) is 13.8. The average Bonchev–Trinajstić information content (AvgIpc) is 3.25. The minimum absolute atomic E-state index is 0.0412. The quantitative estimate of drug-likeness (QED) is 0.575. The van der Waals surface area contributed by atoms with Crippen LogP contribution in [-0.4, -0.2) is 26.4 Å². The van der Waals surface area contributed by atoms with E-state index in [0.29, 0.717) is 53.6 Å². The second-order valence-electron chi connectivity index (χ2n) is 5.21. The van der Waals surface area contributed by atoms with Crippen LogP contribution in [-0.2, 0) is 0 Å². The Morgan fingerprint density at radius 1 is 0.750 bits per heavy atom. The van der Waals surface area contributed by atoms with E-state index in [1.165, 1.54) is 22.7 Å². The number of ether oxygens (including phenoxy) is 4. The van der Waals surface area contributed by atoms with Gasteiger partial charge in [0.2, 0.25) is 10.1 Å². The SMILES string of the molecule is N#CC(C#N)=C1c2c(sc3c2OCCO3)-c2sc3c(c21)OCCO3. The van der Waals surface area contributed by atoms with E-state index in [0.717, 1.165) is 20.9 Å². The predicted octanol–water partition coefficient (Wildman–Crippen LogP) is 3.18. The Hall–Kier alpha value is -2.68. The molecule has 0 unspecified atom stereocenters. The van der Waals surface area contributed by atoms with E-state index < -0.39 is 0 Å². The van der Waals surface area contributed by atoms with Crippen molar-refractivity contribution in [2.45, 2.75) is 0 Å². The van der Waals surface area contributed by atoms with Gasteiger partial charge in [0, 0.05) is 5.57 Å². The molecule has 118 valence electrons. The lowest BCUT2D eigenvalue weighted by Gasteiger charge is -2.18. The molecule has 0 N–H and O–H groups in total. The van der Waals surface area contributed by atoms with Crippen LogP contribution in [0.2, 0.25) is 0 Å². The standard InChI is InChI=1S/C16H8N2O4S2/c17-5-7(6-18)8-9-11-15(21-3-1-19-11)23-13(9)14-10(8)12-16(24-14)22-4-2-20-12/h1-4H2. The van der Waals surface area contributed by atoms with Crippen LogP contribution in [0.15, 0.2) is 5.57 Å². The van der Waals surface area contributed by atoms with E-state index in [-0.39, 0.29) is 5.57 Å². The fraction of sp³-hybridized carbons (Fsp3) is 0.250. The summed E-state index contributed by atoms with van der Waals surface area (Å²) in [4.78, 5) is 1.89. The predicted molar refractivity (Wildman–Crippen MR) is 86.9 cm³/mol. The summed E-state index contributed by atoms with van der Waals surface area (Å²) in [6.07, 6.45) is 0. The van der Waals surface area contributed by atoms with E-state index in [2.05, 4.69) is 0 Å². The molecule has 0 atom stereocenters. The summed E-state index contributed by atoms with van der Waals surface area (Å²) in [5.74, 6) is 1.24. The first-order valence-electron chi connectivity index (χ1n) is 7.23. The van der Waals surface area contributed by atoms with E-state index in [1.54, 1.807) is 0 Å². The fourth-order valence-corrected chi connectivity index (χ4v) is 5.48. The fourth-order valence-electron chi connectivity index (χ4n) is 3.08. The molecule has 0 spiro atoms. The molecular weight excluding hydrogens is 348 g/mol. The summed E-state index contributed by atoms with van der Waals surface area (Å²) in [5, 5.41) is 20.3. The summed E-state index contributed by atoms with van der Waals surface area (Å²) in [5.41, 5.74) is 2.15. The van der Waals surface area contributed by atoms with Gasteiger partial charge in [-0.25, -0.2) is 0 Å². The molecule has 0 bridgehead atoms. The van der Waals surface area contributed by atoms with Crippen LogP contribution in [0.1, 0.15) is 11.1 Å². The Balaban J connectivity index is 1.88.